The summed E-state index contributed by atoms with van der Waals surface area (Å²) in [7, 11) is 6.06. The van der Waals surface area contributed by atoms with E-state index in [-0.39, 0.29) is 5.54 Å². The summed E-state index contributed by atoms with van der Waals surface area (Å²) in [6.07, 6.45) is 2.62. The van der Waals surface area contributed by atoms with Crippen LogP contribution in [0.15, 0.2) is 22.5 Å². The van der Waals surface area contributed by atoms with Crippen molar-refractivity contribution in [2.45, 2.75) is 38.3 Å². The molecule has 0 radical (unpaired) electrons. The Kier molecular flexibility index (Phi) is 7.07. The number of guanidine groups is 1. The minimum Gasteiger partial charge on any atom is -0.355 e. The third-order valence-electron chi connectivity index (χ3n) is 5.04. The highest BCUT2D eigenvalue weighted by Crippen LogP contribution is 2.27. The predicted molar refractivity (Wildman–Crippen MR) is 105 cm³/mol. The van der Waals surface area contributed by atoms with Crippen LogP contribution in [0.2, 0.25) is 0 Å². The topological polar surface area (TPSA) is 42.9 Å². The SMILES string of the molecule is CN=C(NCC(c1cccs1)N1CCCC1)NCC(C)(C)N(C)C. The zero-order valence-electron chi connectivity index (χ0n) is 15.8. The molecule has 1 aromatic rings. The van der Waals surface area contributed by atoms with Gasteiger partial charge in [-0.25, -0.2) is 0 Å². The molecule has 2 heterocycles. The van der Waals surface area contributed by atoms with Crippen molar-refractivity contribution >= 4 is 17.3 Å². The van der Waals surface area contributed by atoms with Crippen LogP contribution in [-0.2, 0) is 0 Å². The molecule has 1 unspecified atom stereocenters. The number of rotatable bonds is 7. The molecule has 1 aliphatic rings. The van der Waals surface area contributed by atoms with E-state index in [0.29, 0.717) is 6.04 Å². The van der Waals surface area contributed by atoms with Gasteiger partial charge in [-0.1, -0.05) is 6.07 Å². The maximum Gasteiger partial charge on any atom is 0.191 e. The van der Waals surface area contributed by atoms with Gasteiger partial charge in [0.2, 0.25) is 0 Å². The van der Waals surface area contributed by atoms with Gasteiger partial charge in [0.1, 0.15) is 0 Å². The lowest BCUT2D eigenvalue weighted by atomic mass is 10.0. The molecule has 0 bridgehead atoms. The summed E-state index contributed by atoms with van der Waals surface area (Å²) >= 11 is 1.85. The number of hydrogen-bond acceptors (Lipinski definition) is 4. The molecule has 5 nitrogen and oxygen atoms in total. The number of likely N-dealkylation sites (N-methyl/N-ethyl adjacent to an activating group) is 1. The second kappa shape index (κ2) is 8.83. The van der Waals surface area contributed by atoms with Gasteiger partial charge in [-0.05, 0) is 65.3 Å². The number of thiophene rings is 1. The van der Waals surface area contributed by atoms with Crippen LogP contribution < -0.4 is 10.6 Å². The molecular weight excluding hydrogens is 318 g/mol. The van der Waals surface area contributed by atoms with Crippen molar-refractivity contribution in [2.75, 3.05) is 47.3 Å². The smallest absolute Gasteiger partial charge is 0.191 e. The molecule has 0 aromatic carbocycles. The maximum atomic E-state index is 4.39. The standard InChI is InChI=1S/C18H33N5S/c1-18(2,22(4)5)14-21-17(19-3)20-13-15(16-9-8-12-24-16)23-10-6-7-11-23/h8-9,12,15H,6-7,10-11,13-14H2,1-5H3,(H2,19,20,21). The van der Waals surface area contributed by atoms with Crippen LogP contribution in [0, 0.1) is 0 Å². The summed E-state index contributed by atoms with van der Waals surface area (Å²) in [5.41, 5.74) is 0.0831. The number of aliphatic imine (C=N–C) groups is 1. The Bertz CT molecular complexity index is 503. The van der Waals surface area contributed by atoms with Crippen molar-refractivity contribution in [3.63, 3.8) is 0 Å². The zero-order valence-corrected chi connectivity index (χ0v) is 16.6. The van der Waals surface area contributed by atoms with E-state index in [1.54, 1.807) is 0 Å². The van der Waals surface area contributed by atoms with Gasteiger partial charge in [0.15, 0.2) is 5.96 Å². The average molecular weight is 352 g/mol. The number of likely N-dealkylation sites (tertiary alicyclic amines) is 1. The van der Waals surface area contributed by atoms with Gasteiger partial charge in [0.25, 0.3) is 0 Å². The fraction of sp³-hybridized carbons (Fsp3) is 0.722. The first-order valence-corrected chi connectivity index (χ1v) is 9.71. The number of nitrogens with one attached hydrogen (secondary N) is 2. The first-order chi connectivity index (χ1) is 11.4. The van der Waals surface area contributed by atoms with E-state index < -0.39 is 0 Å². The molecule has 1 atom stereocenters. The van der Waals surface area contributed by atoms with Gasteiger partial charge in [0.05, 0.1) is 6.04 Å². The average Bonchev–Trinajstić information content (AvgIpc) is 3.24. The predicted octanol–water partition coefficient (Wildman–Crippen LogP) is 2.39. The van der Waals surface area contributed by atoms with Crippen LogP contribution in [0.4, 0.5) is 0 Å². The molecule has 0 aliphatic carbocycles. The highest BCUT2D eigenvalue weighted by Gasteiger charge is 2.25. The fourth-order valence-electron chi connectivity index (χ4n) is 2.82. The van der Waals surface area contributed by atoms with Crippen LogP contribution in [0.3, 0.4) is 0 Å². The molecule has 0 saturated carbocycles. The third-order valence-corrected chi connectivity index (χ3v) is 6.01. The molecule has 0 amide bonds. The van der Waals surface area contributed by atoms with E-state index in [9.17, 15) is 0 Å². The second-order valence-corrected chi connectivity index (χ2v) is 8.27. The summed E-state index contributed by atoms with van der Waals surface area (Å²) in [4.78, 5) is 10.7. The zero-order chi connectivity index (χ0) is 17.6. The first kappa shape index (κ1) is 19.2. The van der Waals surface area contributed by atoms with Crippen LogP contribution in [0.5, 0.6) is 0 Å². The minimum atomic E-state index is 0.0831. The highest BCUT2D eigenvalue weighted by atomic mass is 32.1. The second-order valence-electron chi connectivity index (χ2n) is 7.29. The van der Waals surface area contributed by atoms with Crippen molar-refractivity contribution in [2.24, 2.45) is 4.99 Å². The van der Waals surface area contributed by atoms with Gasteiger partial charge in [-0.15, -0.1) is 11.3 Å². The van der Waals surface area contributed by atoms with Crippen LogP contribution in [-0.4, -0.2) is 68.6 Å². The van der Waals surface area contributed by atoms with Crippen LogP contribution in [0.1, 0.15) is 37.6 Å². The molecule has 1 fully saturated rings. The van der Waals surface area contributed by atoms with Crippen molar-refractivity contribution < 1.29 is 0 Å². The quantitative estimate of drug-likeness (QED) is 0.585. The molecule has 6 heteroatoms. The molecule has 0 spiro atoms. The Balaban J connectivity index is 1.92. The summed E-state index contributed by atoms with van der Waals surface area (Å²) in [5.74, 6) is 0.880. The third kappa shape index (κ3) is 5.19. The van der Waals surface area contributed by atoms with Crippen molar-refractivity contribution in [1.82, 2.24) is 20.4 Å². The number of hydrogen-bond donors (Lipinski definition) is 2. The summed E-state index contributed by atoms with van der Waals surface area (Å²) in [6, 6.07) is 4.84. The molecule has 1 aromatic heterocycles. The molecule has 1 aliphatic heterocycles. The van der Waals surface area contributed by atoms with Gasteiger partial charge >= 0.3 is 0 Å². The molecule has 2 rings (SSSR count). The molecule has 1 saturated heterocycles. The van der Waals surface area contributed by atoms with Crippen LogP contribution in [0.25, 0.3) is 0 Å². The minimum absolute atomic E-state index is 0.0831. The summed E-state index contributed by atoms with van der Waals surface area (Å²) in [5, 5.41) is 9.17. The molecule has 2 N–H and O–H groups in total. The van der Waals surface area contributed by atoms with Crippen molar-refractivity contribution in [3.05, 3.63) is 22.4 Å². The molecular formula is C18H33N5S. The summed E-state index contributed by atoms with van der Waals surface area (Å²) in [6.45, 7) is 8.60. The van der Waals surface area contributed by atoms with Gasteiger partial charge in [-0.2, -0.15) is 0 Å². The van der Waals surface area contributed by atoms with E-state index in [1.165, 1.54) is 30.8 Å². The van der Waals surface area contributed by atoms with Crippen LogP contribution >= 0.6 is 11.3 Å². The fourth-order valence-corrected chi connectivity index (χ4v) is 3.68. The van der Waals surface area contributed by atoms with E-state index in [0.717, 1.165) is 19.0 Å². The lowest BCUT2D eigenvalue weighted by Gasteiger charge is -2.33. The highest BCUT2D eigenvalue weighted by molar-refractivity contribution is 7.10. The number of nitrogens with zero attached hydrogens (tertiary/aromatic N) is 3. The largest absolute Gasteiger partial charge is 0.355 e. The molecule has 136 valence electrons. The lowest BCUT2D eigenvalue weighted by molar-refractivity contribution is 0.197. The monoisotopic (exact) mass is 351 g/mol. The lowest BCUT2D eigenvalue weighted by Crippen LogP contribution is -2.51. The normalized spacial score (nSPS) is 18.2. The van der Waals surface area contributed by atoms with E-state index in [1.807, 2.05) is 18.4 Å². The Morgan fingerprint density at radius 2 is 2.04 bits per heavy atom. The first-order valence-electron chi connectivity index (χ1n) is 8.83. The van der Waals surface area contributed by atoms with Gasteiger partial charge < -0.3 is 15.5 Å². The Labute approximate surface area is 151 Å². The van der Waals surface area contributed by atoms with E-state index >= 15 is 0 Å². The molecule has 24 heavy (non-hydrogen) atoms. The van der Waals surface area contributed by atoms with Gasteiger partial charge in [-0.3, -0.25) is 9.89 Å². The Morgan fingerprint density at radius 3 is 2.58 bits per heavy atom. The van der Waals surface area contributed by atoms with E-state index in [4.69, 9.17) is 0 Å². The Hall–Kier alpha value is -1.11. The van der Waals surface area contributed by atoms with Gasteiger partial charge in [0, 0.05) is 30.6 Å². The van der Waals surface area contributed by atoms with Crippen molar-refractivity contribution in [1.29, 1.82) is 0 Å². The Morgan fingerprint density at radius 1 is 1.33 bits per heavy atom. The van der Waals surface area contributed by atoms with Crippen molar-refractivity contribution in [3.8, 4) is 0 Å². The maximum absolute atomic E-state index is 4.39. The summed E-state index contributed by atoms with van der Waals surface area (Å²) < 4.78 is 0. The van der Waals surface area contributed by atoms with E-state index in [2.05, 4.69) is 70.9 Å².